The van der Waals surface area contributed by atoms with Crippen LogP contribution in [0.1, 0.15) is 25.3 Å². The van der Waals surface area contributed by atoms with E-state index in [0.29, 0.717) is 28.4 Å². The van der Waals surface area contributed by atoms with E-state index >= 15 is 4.39 Å². The van der Waals surface area contributed by atoms with Gasteiger partial charge in [0.1, 0.15) is 29.4 Å². The molecule has 1 aromatic carbocycles. The number of ether oxygens (including phenoxy) is 1. The number of rotatable bonds is 5. The number of anilines is 2. The summed E-state index contributed by atoms with van der Waals surface area (Å²) in [4.78, 5) is 17.3. The highest BCUT2D eigenvalue weighted by molar-refractivity contribution is 7.94. The summed E-state index contributed by atoms with van der Waals surface area (Å²) >= 11 is 0. The lowest BCUT2D eigenvalue weighted by atomic mass is 9.86. The van der Waals surface area contributed by atoms with Crippen molar-refractivity contribution in [1.29, 1.82) is 0 Å². The highest BCUT2D eigenvalue weighted by Gasteiger charge is 2.65. The zero-order chi connectivity index (χ0) is 24.3. The number of fused-ring (bicyclic) bond motifs is 3. The Balaban J connectivity index is 1.59. The van der Waals surface area contributed by atoms with Gasteiger partial charge < -0.3 is 15.8 Å². The molecule has 2 aromatic heterocycles. The first-order chi connectivity index (χ1) is 16.2. The molecule has 0 aliphatic carbocycles. The van der Waals surface area contributed by atoms with E-state index < -0.39 is 37.9 Å². The van der Waals surface area contributed by atoms with Crippen molar-refractivity contribution in [3.63, 3.8) is 0 Å². The quantitative estimate of drug-likeness (QED) is 0.560. The lowest BCUT2D eigenvalue weighted by Gasteiger charge is -2.39. The molecule has 4 heterocycles. The Morgan fingerprint density at radius 3 is 2.82 bits per heavy atom. The fourth-order valence-electron chi connectivity index (χ4n) is 4.91. The first kappa shape index (κ1) is 22.4. The summed E-state index contributed by atoms with van der Waals surface area (Å²) in [5, 5.41) is 2.00. The number of methoxy groups -OCH3 is 1. The number of hydrogen-bond acceptors (Lipinski definition) is 9. The van der Waals surface area contributed by atoms with Crippen molar-refractivity contribution in [3.8, 4) is 5.88 Å². The van der Waals surface area contributed by atoms with E-state index in [0.717, 1.165) is 0 Å². The number of halogens is 2. The van der Waals surface area contributed by atoms with Crippen molar-refractivity contribution >= 4 is 38.2 Å². The largest absolute Gasteiger partial charge is 0.480 e. The number of aromatic nitrogens is 3. The molecular weight excluding hydrogens is 466 g/mol. The van der Waals surface area contributed by atoms with Crippen LogP contribution < -0.4 is 15.8 Å². The third-order valence-corrected chi connectivity index (χ3v) is 9.87. The SMILES string of the molecule is COc1cnc2c(Nc3ccc(F)c([C@@]4(C)N=C(N)[C@@]5(CF)CC[C@@H]4S5(=O)=O)c3)nccc2n1. The van der Waals surface area contributed by atoms with Gasteiger partial charge in [-0.3, -0.25) is 4.99 Å². The van der Waals surface area contributed by atoms with Crippen LogP contribution in [-0.4, -0.2) is 53.0 Å². The number of amidine groups is 1. The van der Waals surface area contributed by atoms with E-state index in [1.54, 1.807) is 6.07 Å². The average molecular weight is 489 g/mol. The molecule has 0 saturated carbocycles. The topological polar surface area (TPSA) is 132 Å². The lowest BCUT2D eigenvalue weighted by molar-refractivity contribution is 0.397. The maximum Gasteiger partial charge on any atom is 0.232 e. The first-order valence-electron chi connectivity index (χ1n) is 10.5. The molecule has 2 aliphatic rings. The molecule has 0 radical (unpaired) electrons. The molecule has 2 aliphatic heterocycles. The Morgan fingerprint density at radius 2 is 2.09 bits per heavy atom. The summed E-state index contributed by atoms with van der Waals surface area (Å²) in [6, 6.07) is 5.85. The van der Waals surface area contributed by atoms with Gasteiger partial charge >= 0.3 is 0 Å². The smallest absolute Gasteiger partial charge is 0.232 e. The number of nitrogens with zero attached hydrogens (tertiary/aromatic N) is 4. The van der Waals surface area contributed by atoms with Crippen LogP contribution in [0.25, 0.3) is 11.0 Å². The predicted molar refractivity (Wildman–Crippen MR) is 123 cm³/mol. The minimum absolute atomic E-state index is 0.0169. The predicted octanol–water partition coefficient (Wildman–Crippen LogP) is 2.79. The van der Waals surface area contributed by atoms with Gasteiger partial charge in [-0.05, 0) is 44.0 Å². The molecule has 2 bridgehead atoms. The molecule has 9 nitrogen and oxygen atoms in total. The van der Waals surface area contributed by atoms with E-state index in [-0.39, 0.29) is 24.2 Å². The third kappa shape index (κ3) is 2.97. The summed E-state index contributed by atoms with van der Waals surface area (Å²) in [6.45, 7) is 0.367. The molecule has 3 atom stereocenters. The van der Waals surface area contributed by atoms with Crippen molar-refractivity contribution in [2.24, 2.45) is 10.7 Å². The summed E-state index contributed by atoms with van der Waals surface area (Å²) in [5.74, 6) is -0.248. The molecule has 3 N–H and O–H groups in total. The molecular formula is C22H22F2N6O3S. The number of benzene rings is 1. The lowest BCUT2D eigenvalue weighted by Crippen LogP contribution is -2.58. The van der Waals surface area contributed by atoms with E-state index in [1.165, 1.54) is 44.6 Å². The van der Waals surface area contributed by atoms with E-state index in [4.69, 9.17) is 10.5 Å². The maximum absolute atomic E-state index is 15.1. The minimum atomic E-state index is -4.03. The monoisotopic (exact) mass is 488 g/mol. The summed E-state index contributed by atoms with van der Waals surface area (Å²) in [7, 11) is -2.54. The molecule has 1 fully saturated rings. The number of alkyl halides is 1. The Kier molecular flexibility index (Phi) is 4.97. The highest BCUT2D eigenvalue weighted by Crippen LogP contribution is 2.52. The minimum Gasteiger partial charge on any atom is -0.480 e. The summed E-state index contributed by atoms with van der Waals surface area (Å²) in [6.07, 6.45) is 3.14. The van der Waals surface area contributed by atoms with Crippen LogP contribution in [-0.2, 0) is 15.4 Å². The van der Waals surface area contributed by atoms with E-state index in [9.17, 15) is 12.8 Å². The van der Waals surface area contributed by atoms with Crippen LogP contribution in [0.3, 0.4) is 0 Å². The van der Waals surface area contributed by atoms with Crippen LogP contribution in [0.2, 0.25) is 0 Å². The van der Waals surface area contributed by atoms with Gasteiger partial charge in [-0.25, -0.2) is 32.2 Å². The van der Waals surface area contributed by atoms with Crippen molar-refractivity contribution in [1.82, 2.24) is 15.0 Å². The Morgan fingerprint density at radius 1 is 1.29 bits per heavy atom. The Labute approximate surface area is 194 Å². The third-order valence-electron chi connectivity index (χ3n) is 6.81. The summed E-state index contributed by atoms with van der Waals surface area (Å²) in [5.41, 5.74) is 5.96. The van der Waals surface area contributed by atoms with Gasteiger partial charge in [0.15, 0.2) is 20.4 Å². The second kappa shape index (κ2) is 7.55. The Bertz CT molecular complexity index is 1450. The van der Waals surface area contributed by atoms with Gasteiger partial charge in [0.05, 0.1) is 24.1 Å². The van der Waals surface area contributed by atoms with Crippen LogP contribution in [0.4, 0.5) is 20.3 Å². The van der Waals surface area contributed by atoms with Crippen molar-refractivity contribution in [2.75, 3.05) is 19.1 Å². The molecule has 178 valence electrons. The van der Waals surface area contributed by atoms with Gasteiger partial charge in [0.25, 0.3) is 0 Å². The van der Waals surface area contributed by atoms with Gasteiger partial charge in [-0.2, -0.15) is 0 Å². The molecule has 5 rings (SSSR count). The van der Waals surface area contributed by atoms with Gasteiger partial charge in [0.2, 0.25) is 5.88 Å². The van der Waals surface area contributed by atoms with E-state index in [1.807, 2.05) is 0 Å². The van der Waals surface area contributed by atoms with Crippen LogP contribution in [0.15, 0.2) is 41.7 Å². The van der Waals surface area contributed by atoms with Gasteiger partial charge in [-0.15, -0.1) is 0 Å². The maximum atomic E-state index is 15.1. The normalized spacial score (nSPS) is 27.4. The molecule has 12 heteroatoms. The van der Waals surface area contributed by atoms with Gasteiger partial charge in [0, 0.05) is 17.4 Å². The summed E-state index contributed by atoms with van der Waals surface area (Å²) < 4.78 is 58.7. The van der Waals surface area contributed by atoms with Crippen LogP contribution in [0.5, 0.6) is 5.88 Å². The molecule has 0 spiro atoms. The van der Waals surface area contributed by atoms with Gasteiger partial charge in [-0.1, -0.05) is 0 Å². The highest BCUT2D eigenvalue weighted by atomic mass is 32.2. The number of hydrogen-bond donors (Lipinski definition) is 2. The zero-order valence-corrected chi connectivity index (χ0v) is 19.2. The van der Waals surface area contributed by atoms with Crippen LogP contribution in [0, 0.1) is 5.82 Å². The molecule has 0 amide bonds. The standard InChI is InChI=1S/C22H22F2N6O3S/c1-21(16-5-7-22(11-23,20(25)30-21)34(16,31)32)13-9-12(3-4-14(13)24)28-19-18-15(6-8-26-19)29-17(33-2)10-27-18/h3-4,6,8-10,16H,5,7,11H2,1-2H3,(H2,25,30)(H,26,28)/t16-,21+,22-/m0/s1. The van der Waals surface area contributed by atoms with E-state index in [2.05, 4.69) is 25.3 Å². The number of pyridine rings is 1. The molecule has 0 unspecified atom stereocenters. The molecule has 3 aromatic rings. The molecule has 34 heavy (non-hydrogen) atoms. The average Bonchev–Trinajstić information content (AvgIpc) is 3.03. The number of nitrogens with two attached hydrogens (primary N) is 1. The fourth-order valence-corrected chi connectivity index (χ4v) is 7.55. The first-order valence-corrected chi connectivity index (χ1v) is 12.1. The molecule has 1 saturated heterocycles. The van der Waals surface area contributed by atoms with Crippen LogP contribution >= 0.6 is 0 Å². The second-order valence-corrected chi connectivity index (χ2v) is 11.0. The fraction of sp³-hybridized carbons (Fsp3) is 0.364. The van der Waals surface area contributed by atoms with Crippen molar-refractivity contribution < 1.29 is 21.9 Å². The number of aliphatic imine (C=N–C) groups is 1. The van der Waals surface area contributed by atoms with Crippen molar-refractivity contribution in [2.45, 2.75) is 35.3 Å². The second-order valence-electron chi connectivity index (χ2n) is 8.60. The zero-order valence-electron chi connectivity index (χ0n) is 18.4. The number of sulfone groups is 1. The number of nitrogens with one attached hydrogen (secondary N) is 1. The van der Waals surface area contributed by atoms with Crippen molar-refractivity contribution in [3.05, 3.63) is 48.0 Å². The Hall–Kier alpha value is -3.41.